The second-order valence-corrected chi connectivity index (χ2v) is 3.99. The summed E-state index contributed by atoms with van der Waals surface area (Å²) in [6.45, 7) is 1.91. The van der Waals surface area contributed by atoms with Crippen LogP contribution in [-0.2, 0) is 4.57 Å². The van der Waals surface area contributed by atoms with Crippen molar-refractivity contribution in [2.75, 3.05) is 5.75 Å². The Morgan fingerprint density at radius 2 is 2.22 bits per heavy atom. The maximum atomic E-state index is 10.1. The topological polar surface area (TPSA) is 57.5 Å². The van der Waals surface area contributed by atoms with E-state index in [1.807, 2.05) is 6.92 Å². The fraction of sp³-hybridized carbons (Fsp3) is 0.500. The Labute approximate surface area is 58.3 Å². The first-order valence-corrected chi connectivity index (χ1v) is 5.14. The molecule has 0 radical (unpaired) electrons. The van der Waals surface area contributed by atoms with E-state index >= 15 is 0 Å². The van der Waals surface area contributed by atoms with Crippen LogP contribution in [0.5, 0.6) is 0 Å². The SMILES string of the molecule is CCS/C=C\P(=O)(O)O. The highest BCUT2D eigenvalue weighted by molar-refractivity contribution is 8.02. The van der Waals surface area contributed by atoms with E-state index in [9.17, 15) is 4.57 Å². The average molecular weight is 168 g/mol. The Hall–Kier alpha value is 0.240. The minimum Gasteiger partial charge on any atom is -0.321 e. The van der Waals surface area contributed by atoms with Gasteiger partial charge in [-0.15, -0.1) is 11.8 Å². The van der Waals surface area contributed by atoms with Gasteiger partial charge in [-0.3, -0.25) is 4.57 Å². The molecule has 0 bridgehead atoms. The van der Waals surface area contributed by atoms with E-state index in [0.717, 1.165) is 11.6 Å². The number of hydrogen-bond donors (Lipinski definition) is 2. The van der Waals surface area contributed by atoms with Crippen molar-refractivity contribution in [3.8, 4) is 0 Å². The molecule has 3 nitrogen and oxygen atoms in total. The van der Waals surface area contributed by atoms with Gasteiger partial charge in [0.2, 0.25) is 0 Å². The Morgan fingerprint density at radius 3 is 2.56 bits per heavy atom. The molecule has 0 rings (SSSR count). The van der Waals surface area contributed by atoms with Crippen molar-refractivity contribution >= 4 is 19.4 Å². The van der Waals surface area contributed by atoms with Crippen molar-refractivity contribution < 1.29 is 14.4 Å². The Balaban J connectivity index is 3.58. The monoisotopic (exact) mass is 168 g/mol. The van der Waals surface area contributed by atoms with Gasteiger partial charge < -0.3 is 9.79 Å². The van der Waals surface area contributed by atoms with Crippen molar-refractivity contribution in [1.29, 1.82) is 0 Å². The molecular formula is C4H9O3PS. The molecule has 0 atom stereocenters. The summed E-state index contributed by atoms with van der Waals surface area (Å²) < 4.78 is 10.1. The predicted molar refractivity (Wildman–Crippen MR) is 39.3 cm³/mol. The van der Waals surface area contributed by atoms with Gasteiger partial charge in [-0.05, 0) is 11.2 Å². The van der Waals surface area contributed by atoms with Crippen LogP contribution < -0.4 is 0 Å². The quantitative estimate of drug-likeness (QED) is 0.625. The molecule has 0 unspecified atom stereocenters. The van der Waals surface area contributed by atoms with Crippen molar-refractivity contribution in [2.24, 2.45) is 0 Å². The van der Waals surface area contributed by atoms with Gasteiger partial charge in [0.1, 0.15) is 0 Å². The smallest absolute Gasteiger partial charge is 0.321 e. The third-order valence-electron chi connectivity index (χ3n) is 0.518. The van der Waals surface area contributed by atoms with E-state index < -0.39 is 7.60 Å². The fourth-order valence-corrected chi connectivity index (χ4v) is 1.39. The molecule has 0 amide bonds. The standard InChI is InChI=1S/C4H9O3PS/c1-2-9-4-3-8(5,6)7/h3-4H,2H2,1H3,(H2,5,6,7)/b4-3-. The zero-order valence-electron chi connectivity index (χ0n) is 5.02. The molecule has 0 aliphatic heterocycles. The van der Waals surface area contributed by atoms with E-state index in [2.05, 4.69) is 0 Å². The van der Waals surface area contributed by atoms with Crippen LogP contribution >= 0.6 is 19.4 Å². The zero-order chi connectivity index (χ0) is 7.33. The van der Waals surface area contributed by atoms with Gasteiger partial charge in [-0.2, -0.15) is 0 Å². The number of thioether (sulfide) groups is 1. The van der Waals surface area contributed by atoms with E-state index in [0.29, 0.717) is 0 Å². The summed E-state index contributed by atoms with van der Waals surface area (Å²) in [5.41, 5.74) is 0. The van der Waals surface area contributed by atoms with E-state index in [-0.39, 0.29) is 0 Å². The third-order valence-corrected chi connectivity index (χ3v) is 1.92. The van der Waals surface area contributed by atoms with Crippen LogP contribution in [0, 0.1) is 0 Å². The third kappa shape index (κ3) is 8.24. The van der Waals surface area contributed by atoms with E-state index in [1.165, 1.54) is 17.2 Å². The molecule has 5 heteroatoms. The van der Waals surface area contributed by atoms with Crippen LogP contribution in [0.15, 0.2) is 11.2 Å². The van der Waals surface area contributed by atoms with Gasteiger partial charge in [-0.25, -0.2) is 0 Å². The van der Waals surface area contributed by atoms with Crippen molar-refractivity contribution in [2.45, 2.75) is 6.92 Å². The van der Waals surface area contributed by atoms with E-state index in [1.54, 1.807) is 0 Å². The highest BCUT2D eigenvalue weighted by Gasteiger charge is 2.03. The van der Waals surface area contributed by atoms with Gasteiger partial charge in [-0.1, -0.05) is 6.92 Å². The lowest BCUT2D eigenvalue weighted by molar-refractivity contribution is 0.386. The number of hydrogen-bond acceptors (Lipinski definition) is 2. The lowest BCUT2D eigenvalue weighted by atomic mass is 11.0. The molecular weight excluding hydrogens is 159 g/mol. The Kier molecular flexibility index (Phi) is 4.23. The first kappa shape index (κ1) is 9.24. The summed E-state index contributed by atoms with van der Waals surface area (Å²) in [6.07, 6.45) is 0. The molecule has 0 aliphatic rings. The van der Waals surface area contributed by atoms with Crippen molar-refractivity contribution in [1.82, 2.24) is 0 Å². The summed E-state index contributed by atoms with van der Waals surface area (Å²) in [6, 6.07) is 0. The molecule has 54 valence electrons. The summed E-state index contributed by atoms with van der Waals surface area (Å²) in [7, 11) is -3.90. The van der Waals surface area contributed by atoms with Gasteiger partial charge >= 0.3 is 7.60 Å². The van der Waals surface area contributed by atoms with Crippen LogP contribution in [0.25, 0.3) is 0 Å². The predicted octanol–water partition coefficient (Wildman–Crippen LogP) is 1.39. The average Bonchev–Trinajstić information content (AvgIpc) is 1.63. The normalized spacial score (nSPS) is 12.8. The minimum absolute atomic E-state index is 0.830. The lowest BCUT2D eigenvalue weighted by Gasteiger charge is -1.91. The Bertz CT molecular complexity index is 139. The number of rotatable bonds is 3. The zero-order valence-corrected chi connectivity index (χ0v) is 6.73. The van der Waals surface area contributed by atoms with Crippen molar-refractivity contribution in [3.63, 3.8) is 0 Å². The molecule has 0 saturated heterocycles. The second-order valence-electron chi connectivity index (χ2n) is 1.33. The molecule has 0 aromatic rings. The summed E-state index contributed by atoms with van der Waals surface area (Å²) in [4.78, 5) is 16.5. The maximum Gasteiger partial charge on any atom is 0.349 e. The van der Waals surface area contributed by atoms with Crippen LogP contribution in [0.1, 0.15) is 6.92 Å². The summed E-state index contributed by atoms with van der Waals surface area (Å²) >= 11 is 1.36. The minimum atomic E-state index is -3.90. The lowest BCUT2D eigenvalue weighted by Crippen LogP contribution is -1.67. The highest BCUT2D eigenvalue weighted by Crippen LogP contribution is 2.36. The van der Waals surface area contributed by atoms with Crippen molar-refractivity contribution in [3.05, 3.63) is 11.2 Å². The summed E-state index contributed by atoms with van der Waals surface area (Å²) in [5, 5.41) is 1.42. The molecule has 0 aliphatic carbocycles. The molecule has 0 aromatic carbocycles. The van der Waals surface area contributed by atoms with Crippen LogP contribution in [-0.4, -0.2) is 15.5 Å². The highest BCUT2D eigenvalue weighted by atomic mass is 32.2. The van der Waals surface area contributed by atoms with Crippen LogP contribution in [0.3, 0.4) is 0 Å². The molecule has 0 fully saturated rings. The Morgan fingerprint density at radius 1 is 1.67 bits per heavy atom. The molecule has 0 spiro atoms. The first-order chi connectivity index (χ1) is 4.06. The van der Waals surface area contributed by atoms with Crippen LogP contribution in [0.2, 0.25) is 0 Å². The molecule has 9 heavy (non-hydrogen) atoms. The van der Waals surface area contributed by atoms with E-state index in [4.69, 9.17) is 9.79 Å². The maximum absolute atomic E-state index is 10.1. The summed E-state index contributed by atoms with van der Waals surface area (Å²) in [5.74, 6) is 1.73. The first-order valence-electron chi connectivity index (χ1n) is 2.41. The second kappa shape index (κ2) is 4.12. The van der Waals surface area contributed by atoms with Crippen LogP contribution in [0.4, 0.5) is 0 Å². The molecule has 0 aromatic heterocycles. The molecule has 0 heterocycles. The molecule has 0 saturated carbocycles. The van der Waals surface area contributed by atoms with Gasteiger partial charge in [0.15, 0.2) is 0 Å². The molecule has 2 N–H and O–H groups in total. The fourth-order valence-electron chi connectivity index (χ4n) is 0.219. The van der Waals surface area contributed by atoms with Gasteiger partial charge in [0, 0.05) is 5.82 Å². The van der Waals surface area contributed by atoms with Gasteiger partial charge in [0.05, 0.1) is 0 Å². The largest absolute Gasteiger partial charge is 0.349 e. The van der Waals surface area contributed by atoms with Gasteiger partial charge in [0.25, 0.3) is 0 Å².